The molecule has 1 aromatic heterocycles. The Morgan fingerprint density at radius 1 is 1.35 bits per heavy atom. The molecule has 1 atom stereocenters. The first-order valence-corrected chi connectivity index (χ1v) is 6.30. The zero-order valence-corrected chi connectivity index (χ0v) is 10.2. The number of nitrogens with zero attached hydrogens (tertiary/aromatic N) is 1. The summed E-state index contributed by atoms with van der Waals surface area (Å²) in [6.45, 7) is 3.30. The topological polar surface area (TPSA) is 31.1 Å². The maximum atomic E-state index is 3.42. The van der Waals surface area contributed by atoms with Crippen LogP contribution in [0.5, 0.6) is 0 Å². The molecule has 0 amide bonds. The highest BCUT2D eigenvalue weighted by molar-refractivity contribution is 5.82. The van der Waals surface area contributed by atoms with Gasteiger partial charge >= 0.3 is 0 Å². The molecule has 0 radical (unpaired) electrons. The van der Waals surface area contributed by atoms with Crippen LogP contribution in [0.1, 0.15) is 12.0 Å². The minimum Gasteiger partial charge on any atom is -0.361 e. The average molecular weight is 229 g/mol. The van der Waals surface area contributed by atoms with E-state index in [0.717, 1.165) is 19.6 Å². The first-order chi connectivity index (χ1) is 8.34. The van der Waals surface area contributed by atoms with Gasteiger partial charge < -0.3 is 10.3 Å². The van der Waals surface area contributed by atoms with Crippen molar-refractivity contribution in [1.29, 1.82) is 0 Å². The summed E-state index contributed by atoms with van der Waals surface area (Å²) < 4.78 is 0. The lowest BCUT2D eigenvalue weighted by molar-refractivity contribution is 0.250. The Bertz CT molecular complexity index is 497. The minimum atomic E-state index is 0.684. The second-order valence-electron chi connectivity index (χ2n) is 4.92. The van der Waals surface area contributed by atoms with Gasteiger partial charge in [0.1, 0.15) is 0 Å². The molecule has 0 aliphatic carbocycles. The highest BCUT2D eigenvalue weighted by Crippen LogP contribution is 2.20. The van der Waals surface area contributed by atoms with Crippen molar-refractivity contribution in [2.45, 2.75) is 19.0 Å². The smallest absolute Gasteiger partial charge is 0.0457 e. The van der Waals surface area contributed by atoms with Crippen LogP contribution in [0.25, 0.3) is 10.9 Å². The summed E-state index contributed by atoms with van der Waals surface area (Å²) in [6.07, 6.45) is 3.41. The van der Waals surface area contributed by atoms with Crippen LogP contribution < -0.4 is 5.32 Å². The first-order valence-electron chi connectivity index (χ1n) is 6.30. The third-order valence-electron chi connectivity index (χ3n) is 3.75. The molecule has 1 aliphatic heterocycles. The molecular formula is C14H19N3. The van der Waals surface area contributed by atoms with Crippen molar-refractivity contribution in [3.8, 4) is 0 Å². The zero-order valence-electron chi connectivity index (χ0n) is 10.2. The Labute approximate surface area is 102 Å². The fraction of sp³-hybridized carbons (Fsp3) is 0.429. The molecule has 0 spiro atoms. The maximum absolute atomic E-state index is 3.42. The van der Waals surface area contributed by atoms with Crippen molar-refractivity contribution in [2.24, 2.45) is 0 Å². The summed E-state index contributed by atoms with van der Waals surface area (Å²) >= 11 is 0. The van der Waals surface area contributed by atoms with Gasteiger partial charge in [-0.2, -0.15) is 0 Å². The number of H-pyrrole nitrogens is 1. The quantitative estimate of drug-likeness (QED) is 0.843. The zero-order chi connectivity index (χ0) is 11.7. The number of likely N-dealkylation sites (N-methyl/N-ethyl adjacent to an activating group) is 1. The van der Waals surface area contributed by atoms with Crippen LogP contribution in [0.3, 0.4) is 0 Å². The van der Waals surface area contributed by atoms with Gasteiger partial charge in [0, 0.05) is 36.2 Å². The normalized spacial score (nSPS) is 20.5. The van der Waals surface area contributed by atoms with E-state index < -0.39 is 0 Å². The Morgan fingerprint density at radius 2 is 2.24 bits per heavy atom. The molecule has 1 aromatic carbocycles. The van der Waals surface area contributed by atoms with Crippen LogP contribution in [0, 0.1) is 0 Å². The highest BCUT2D eigenvalue weighted by atomic mass is 15.2. The summed E-state index contributed by atoms with van der Waals surface area (Å²) in [7, 11) is 2.22. The predicted molar refractivity (Wildman–Crippen MR) is 71.0 cm³/mol. The standard InChI is InChI=1S/C14H19N3/c1-17(12-6-7-15-9-12)10-11-8-16-14-5-3-2-4-13(11)14/h2-5,8,12,15-16H,6-7,9-10H2,1H3. The fourth-order valence-electron chi connectivity index (χ4n) is 2.68. The number of nitrogens with one attached hydrogen (secondary N) is 2. The summed E-state index contributed by atoms with van der Waals surface area (Å²) in [5.41, 5.74) is 2.63. The molecule has 17 heavy (non-hydrogen) atoms. The molecule has 1 aliphatic rings. The predicted octanol–water partition coefficient (Wildman–Crippen LogP) is 1.96. The van der Waals surface area contributed by atoms with Crippen molar-refractivity contribution in [3.63, 3.8) is 0 Å². The SMILES string of the molecule is CN(Cc1c[nH]c2ccccc12)C1CCNC1. The highest BCUT2D eigenvalue weighted by Gasteiger charge is 2.19. The number of benzene rings is 1. The van der Waals surface area contributed by atoms with E-state index >= 15 is 0 Å². The Morgan fingerprint density at radius 3 is 3.06 bits per heavy atom. The summed E-state index contributed by atoms with van der Waals surface area (Å²) in [5, 5.41) is 4.77. The van der Waals surface area contributed by atoms with E-state index in [0.29, 0.717) is 6.04 Å². The number of para-hydroxylation sites is 1. The molecule has 1 saturated heterocycles. The maximum Gasteiger partial charge on any atom is 0.0457 e. The van der Waals surface area contributed by atoms with Crippen LogP contribution in [0.4, 0.5) is 0 Å². The number of hydrogen-bond acceptors (Lipinski definition) is 2. The third kappa shape index (κ3) is 2.08. The molecule has 0 bridgehead atoms. The molecule has 3 rings (SSSR count). The molecule has 2 N–H and O–H groups in total. The van der Waals surface area contributed by atoms with E-state index in [1.807, 2.05) is 0 Å². The van der Waals surface area contributed by atoms with E-state index in [9.17, 15) is 0 Å². The van der Waals surface area contributed by atoms with Gasteiger partial charge in [0.25, 0.3) is 0 Å². The van der Waals surface area contributed by atoms with Crippen molar-refractivity contribution in [2.75, 3.05) is 20.1 Å². The molecule has 0 saturated carbocycles. The van der Waals surface area contributed by atoms with Gasteiger partial charge in [0.15, 0.2) is 0 Å². The molecule has 1 fully saturated rings. The van der Waals surface area contributed by atoms with Crippen LogP contribution in [0.15, 0.2) is 30.5 Å². The Hall–Kier alpha value is -1.32. The largest absolute Gasteiger partial charge is 0.361 e. The van der Waals surface area contributed by atoms with Crippen LogP contribution in [0.2, 0.25) is 0 Å². The first kappa shape index (κ1) is 10.8. The average Bonchev–Trinajstić information content (AvgIpc) is 2.98. The van der Waals surface area contributed by atoms with Gasteiger partial charge in [-0.1, -0.05) is 18.2 Å². The summed E-state index contributed by atoms with van der Waals surface area (Å²) in [5.74, 6) is 0. The molecule has 3 nitrogen and oxygen atoms in total. The Kier molecular flexibility index (Phi) is 2.87. The number of aromatic nitrogens is 1. The minimum absolute atomic E-state index is 0.684. The molecule has 90 valence electrons. The molecule has 2 aromatic rings. The lowest BCUT2D eigenvalue weighted by Crippen LogP contribution is -2.32. The van der Waals surface area contributed by atoms with Gasteiger partial charge in [-0.3, -0.25) is 4.90 Å². The van der Waals surface area contributed by atoms with E-state index in [4.69, 9.17) is 0 Å². The van der Waals surface area contributed by atoms with Crippen molar-refractivity contribution >= 4 is 10.9 Å². The molecular weight excluding hydrogens is 210 g/mol. The lowest BCUT2D eigenvalue weighted by Gasteiger charge is -2.23. The van der Waals surface area contributed by atoms with Gasteiger partial charge in [-0.25, -0.2) is 0 Å². The molecule has 1 unspecified atom stereocenters. The van der Waals surface area contributed by atoms with Crippen LogP contribution in [-0.2, 0) is 6.54 Å². The second-order valence-corrected chi connectivity index (χ2v) is 4.92. The van der Waals surface area contributed by atoms with Crippen molar-refractivity contribution in [1.82, 2.24) is 15.2 Å². The van der Waals surface area contributed by atoms with Crippen molar-refractivity contribution in [3.05, 3.63) is 36.0 Å². The third-order valence-corrected chi connectivity index (χ3v) is 3.75. The van der Waals surface area contributed by atoms with Gasteiger partial charge in [0.05, 0.1) is 0 Å². The van der Waals surface area contributed by atoms with E-state index in [1.54, 1.807) is 0 Å². The van der Waals surface area contributed by atoms with E-state index in [-0.39, 0.29) is 0 Å². The van der Waals surface area contributed by atoms with E-state index in [1.165, 1.54) is 22.9 Å². The summed E-state index contributed by atoms with van der Waals surface area (Å²) in [6, 6.07) is 9.20. The molecule has 2 heterocycles. The van der Waals surface area contributed by atoms with Gasteiger partial charge in [0.2, 0.25) is 0 Å². The van der Waals surface area contributed by atoms with Gasteiger partial charge in [-0.15, -0.1) is 0 Å². The number of rotatable bonds is 3. The van der Waals surface area contributed by atoms with Crippen molar-refractivity contribution < 1.29 is 0 Å². The summed E-state index contributed by atoms with van der Waals surface area (Å²) in [4.78, 5) is 5.80. The fourth-order valence-corrected chi connectivity index (χ4v) is 2.68. The monoisotopic (exact) mass is 229 g/mol. The number of fused-ring (bicyclic) bond motifs is 1. The Balaban J connectivity index is 1.80. The second kappa shape index (κ2) is 4.51. The lowest BCUT2D eigenvalue weighted by atomic mass is 10.1. The van der Waals surface area contributed by atoms with Crippen LogP contribution >= 0.6 is 0 Å². The van der Waals surface area contributed by atoms with Gasteiger partial charge in [-0.05, 0) is 31.6 Å². The van der Waals surface area contributed by atoms with Crippen LogP contribution in [-0.4, -0.2) is 36.1 Å². The number of aromatic amines is 1. The van der Waals surface area contributed by atoms with E-state index in [2.05, 4.69) is 52.7 Å². The number of hydrogen-bond donors (Lipinski definition) is 2. The molecule has 3 heteroatoms.